The van der Waals surface area contributed by atoms with Gasteiger partial charge in [0.15, 0.2) is 6.10 Å². The fourth-order valence-corrected chi connectivity index (χ4v) is 2.85. The molecule has 0 aliphatic carbocycles. The quantitative estimate of drug-likeness (QED) is 0.752. The van der Waals surface area contributed by atoms with Crippen molar-refractivity contribution in [1.29, 1.82) is 0 Å². The number of hydrogen-bond acceptors (Lipinski definition) is 5. The Labute approximate surface area is 152 Å². The van der Waals surface area contributed by atoms with E-state index in [1.54, 1.807) is 12.1 Å². The second-order valence-corrected chi connectivity index (χ2v) is 7.52. The maximum Gasteiger partial charge on any atom is 0.338 e. The molecule has 2 aromatic carbocycles. The number of nitrogens with one attached hydrogen (secondary N) is 2. The number of carbonyl (C=O) groups excluding carboxylic acids is 2. The van der Waals surface area contributed by atoms with Crippen LogP contribution in [0.1, 0.15) is 22.8 Å². The van der Waals surface area contributed by atoms with Gasteiger partial charge in [-0.05, 0) is 51.2 Å². The molecule has 26 heavy (non-hydrogen) atoms. The van der Waals surface area contributed by atoms with Gasteiger partial charge in [0.25, 0.3) is 5.91 Å². The summed E-state index contributed by atoms with van der Waals surface area (Å²) in [4.78, 5) is 24.3. The van der Waals surface area contributed by atoms with E-state index < -0.39 is 28.0 Å². The van der Waals surface area contributed by atoms with Crippen LogP contribution < -0.4 is 10.0 Å². The molecule has 0 bridgehead atoms. The highest BCUT2D eigenvalue weighted by atomic mass is 32.2. The summed E-state index contributed by atoms with van der Waals surface area (Å²) < 4.78 is 30.9. The van der Waals surface area contributed by atoms with Crippen LogP contribution in [0.3, 0.4) is 0 Å². The molecule has 0 radical (unpaired) electrons. The Hall–Kier alpha value is -2.71. The first-order valence-corrected chi connectivity index (χ1v) is 9.33. The summed E-state index contributed by atoms with van der Waals surface area (Å²) in [6.45, 7) is 3.37. The molecular formula is C18H20N2O5S. The van der Waals surface area contributed by atoms with E-state index >= 15 is 0 Å². The third-order valence-corrected chi connectivity index (χ3v) is 5.03. The van der Waals surface area contributed by atoms with Crippen LogP contribution in [0.5, 0.6) is 0 Å². The van der Waals surface area contributed by atoms with E-state index in [1.807, 2.05) is 19.1 Å². The zero-order valence-electron chi connectivity index (χ0n) is 14.6. The van der Waals surface area contributed by atoms with Crippen LogP contribution in [-0.4, -0.2) is 33.4 Å². The summed E-state index contributed by atoms with van der Waals surface area (Å²) in [5, 5.41) is 2.65. The van der Waals surface area contributed by atoms with Gasteiger partial charge in [0.1, 0.15) is 0 Å². The minimum Gasteiger partial charge on any atom is -0.449 e. The molecule has 0 aliphatic rings. The third-order valence-electron chi connectivity index (χ3n) is 3.62. The number of rotatable bonds is 6. The Morgan fingerprint density at radius 1 is 1.08 bits per heavy atom. The Bertz CT molecular complexity index is 907. The van der Waals surface area contributed by atoms with Crippen LogP contribution in [0.4, 0.5) is 5.69 Å². The van der Waals surface area contributed by atoms with E-state index in [4.69, 9.17) is 4.74 Å². The number of carbonyl (C=O) groups is 2. The zero-order chi connectivity index (χ0) is 19.3. The molecule has 0 spiro atoms. The van der Waals surface area contributed by atoms with Gasteiger partial charge in [-0.2, -0.15) is 0 Å². The van der Waals surface area contributed by atoms with Crippen LogP contribution in [-0.2, 0) is 19.6 Å². The van der Waals surface area contributed by atoms with Crippen molar-refractivity contribution in [3.63, 3.8) is 0 Å². The minimum absolute atomic E-state index is 0.0383. The van der Waals surface area contributed by atoms with Crippen molar-refractivity contribution in [2.45, 2.75) is 24.8 Å². The Morgan fingerprint density at radius 3 is 2.35 bits per heavy atom. The molecule has 0 saturated heterocycles. The van der Waals surface area contributed by atoms with Crippen molar-refractivity contribution in [1.82, 2.24) is 4.72 Å². The summed E-state index contributed by atoms with van der Waals surface area (Å²) in [7, 11) is -2.40. The van der Waals surface area contributed by atoms with Crippen molar-refractivity contribution in [3.8, 4) is 0 Å². The maximum absolute atomic E-state index is 12.2. The number of amides is 1. The van der Waals surface area contributed by atoms with Gasteiger partial charge in [0.05, 0.1) is 10.5 Å². The lowest BCUT2D eigenvalue weighted by Gasteiger charge is -2.14. The van der Waals surface area contributed by atoms with Gasteiger partial charge in [0.2, 0.25) is 10.0 Å². The predicted octanol–water partition coefficient (Wildman–Crippen LogP) is 2.09. The highest BCUT2D eigenvalue weighted by Gasteiger charge is 2.20. The van der Waals surface area contributed by atoms with Crippen molar-refractivity contribution in [2.75, 3.05) is 12.4 Å². The number of sulfonamides is 1. The molecule has 0 fully saturated rings. The van der Waals surface area contributed by atoms with E-state index in [-0.39, 0.29) is 10.5 Å². The molecule has 0 aliphatic heterocycles. The topological polar surface area (TPSA) is 102 Å². The lowest BCUT2D eigenvalue weighted by Crippen LogP contribution is -2.30. The number of benzene rings is 2. The summed E-state index contributed by atoms with van der Waals surface area (Å²) >= 11 is 0. The van der Waals surface area contributed by atoms with E-state index in [9.17, 15) is 18.0 Å². The normalized spacial score (nSPS) is 12.3. The number of esters is 1. The standard InChI is InChI=1S/C18H20N2O5S/c1-12-7-9-15(10-8-12)20-17(21)13(2)25-18(22)14-5-4-6-16(11-14)26(23,24)19-3/h4-11,13,19H,1-3H3,(H,20,21)/t13-/m0/s1. The monoisotopic (exact) mass is 376 g/mol. The molecule has 0 unspecified atom stereocenters. The summed E-state index contributed by atoms with van der Waals surface area (Å²) in [6.07, 6.45) is -1.05. The molecule has 2 rings (SSSR count). The Kier molecular flexibility index (Phi) is 6.12. The lowest BCUT2D eigenvalue weighted by atomic mass is 10.2. The second-order valence-electron chi connectivity index (χ2n) is 5.64. The van der Waals surface area contributed by atoms with Crippen LogP contribution in [0.2, 0.25) is 0 Å². The first-order valence-electron chi connectivity index (χ1n) is 7.85. The fourth-order valence-electron chi connectivity index (χ4n) is 2.07. The average molecular weight is 376 g/mol. The smallest absolute Gasteiger partial charge is 0.338 e. The van der Waals surface area contributed by atoms with E-state index in [2.05, 4.69) is 10.0 Å². The number of ether oxygens (including phenoxy) is 1. The molecule has 8 heteroatoms. The van der Waals surface area contributed by atoms with Crippen LogP contribution >= 0.6 is 0 Å². The van der Waals surface area contributed by atoms with Crippen LogP contribution in [0, 0.1) is 6.92 Å². The first-order chi connectivity index (χ1) is 12.2. The molecule has 138 valence electrons. The van der Waals surface area contributed by atoms with Crippen molar-refractivity contribution >= 4 is 27.6 Å². The highest BCUT2D eigenvalue weighted by Crippen LogP contribution is 2.14. The Balaban J connectivity index is 2.05. The fraction of sp³-hybridized carbons (Fsp3) is 0.222. The SMILES string of the molecule is CNS(=O)(=O)c1cccc(C(=O)O[C@@H](C)C(=O)Nc2ccc(C)cc2)c1. The lowest BCUT2D eigenvalue weighted by molar-refractivity contribution is -0.123. The second kappa shape index (κ2) is 8.11. The molecule has 1 atom stereocenters. The maximum atomic E-state index is 12.2. The number of anilines is 1. The molecule has 2 aromatic rings. The van der Waals surface area contributed by atoms with Crippen molar-refractivity contribution in [3.05, 3.63) is 59.7 Å². The number of hydrogen-bond donors (Lipinski definition) is 2. The van der Waals surface area contributed by atoms with Gasteiger partial charge in [-0.3, -0.25) is 4.79 Å². The minimum atomic E-state index is -3.68. The Morgan fingerprint density at radius 2 is 1.73 bits per heavy atom. The van der Waals surface area contributed by atoms with Gasteiger partial charge in [-0.25, -0.2) is 17.9 Å². The van der Waals surface area contributed by atoms with Gasteiger partial charge in [-0.15, -0.1) is 0 Å². The van der Waals surface area contributed by atoms with E-state index in [0.717, 1.165) is 5.56 Å². The summed E-state index contributed by atoms with van der Waals surface area (Å²) in [5.74, 6) is -1.27. The largest absolute Gasteiger partial charge is 0.449 e. The molecule has 0 heterocycles. The zero-order valence-corrected chi connectivity index (χ0v) is 15.5. The number of aryl methyl sites for hydroxylation is 1. The van der Waals surface area contributed by atoms with Gasteiger partial charge in [0, 0.05) is 5.69 Å². The predicted molar refractivity (Wildman–Crippen MR) is 97.4 cm³/mol. The van der Waals surface area contributed by atoms with Gasteiger partial charge in [-0.1, -0.05) is 23.8 Å². The summed E-state index contributed by atoms with van der Waals surface area (Å²) in [6, 6.07) is 12.6. The molecule has 1 amide bonds. The van der Waals surface area contributed by atoms with Crippen LogP contribution in [0.25, 0.3) is 0 Å². The molecule has 0 aromatic heterocycles. The molecule has 7 nitrogen and oxygen atoms in total. The summed E-state index contributed by atoms with van der Waals surface area (Å²) in [5.41, 5.74) is 1.68. The average Bonchev–Trinajstić information content (AvgIpc) is 2.63. The van der Waals surface area contributed by atoms with Crippen molar-refractivity contribution < 1.29 is 22.7 Å². The van der Waals surface area contributed by atoms with Crippen molar-refractivity contribution in [2.24, 2.45) is 0 Å². The molecule has 0 saturated carbocycles. The van der Waals surface area contributed by atoms with Gasteiger partial charge >= 0.3 is 5.97 Å². The van der Waals surface area contributed by atoms with Gasteiger partial charge < -0.3 is 10.1 Å². The first kappa shape index (κ1) is 19.6. The van der Waals surface area contributed by atoms with Crippen LogP contribution in [0.15, 0.2) is 53.4 Å². The highest BCUT2D eigenvalue weighted by molar-refractivity contribution is 7.89. The van der Waals surface area contributed by atoms with E-state index in [1.165, 1.54) is 38.2 Å². The molecule has 2 N–H and O–H groups in total. The third kappa shape index (κ3) is 4.90. The van der Waals surface area contributed by atoms with E-state index in [0.29, 0.717) is 5.69 Å². The molecular weight excluding hydrogens is 356 g/mol.